The average molecular weight is 359 g/mol. The molecule has 27 heavy (non-hydrogen) atoms. The molecule has 1 aliphatic rings. The number of rotatable bonds is 3. The van der Waals surface area contributed by atoms with Crippen molar-refractivity contribution in [3.8, 4) is 11.1 Å². The summed E-state index contributed by atoms with van der Waals surface area (Å²) in [6.45, 7) is 5.38. The van der Waals surface area contributed by atoms with Crippen LogP contribution in [0.15, 0.2) is 60.3 Å². The number of fused-ring (bicyclic) bond motifs is 1. The minimum atomic E-state index is 0.147. The van der Waals surface area contributed by atoms with Gasteiger partial charge in [-0.1, -0.05) is 48.5 Å². The summed E-state index contributed by atoms with van der Waals surface area (Å²) in [5, 5.41) is 10.1. The highest BCUT2D eigenvalue weighted by atomic mass is 16.2. The lowest BCUT2D eigenvalue weighted by molar-refractivity contribution is -0.128. The molecule has 1 atom stereocenters. The van der Waals surface area contributed by atoms with E-state index in [1.165, 1.54) is 16.3 Å². The van der Waals surface area contributed by atoms with Gasteiger partial charge in [-0.3, -0.25) is 9.89 Å². The van der Waals surface area contributed by atoms with E-state index in [1.807, 2.05) is 31.0 Å². The molecule has 0 aliphatic carbocycles. The SMILES string of the molecule is C/C=C(\C)C(=O)N1CCC[C@@H](c2[nH]ncc2-c2cccc3ccccc23)C1. The molecule has 3 aromatic rings. The van der Waals surface area contributed by atoms with Crippen LogP contribution in [-0.4, -0.2) is 34.1 Å². The van der Waals surface area contributed by atoms with Gasteiger partial charge in [0.2, 0.25) is 5.91 Å². The number of hydrogen-bond acceptors (Lipinski definition) is 2. The van der Waals surface area contributed by atoms with Crippen LogP contribution in [-0.2, 0) is 4.79 Å². The second-order valence-electron chi connectivity index (χ2n) is 7.29. The molecule has 0 unspecified atom stereocenters. The molecule has 0 saturated carbocycles. The molecule has 2 heterocycles. The number of piperidine rings is 1. The van der Waals surface area contributed by atoms with E-state index in [1.54, 1.807) is 0 Å². The summed E-state index contributed by atoms with van der Waals surface area (Å²) in [7, 11) is 0. The van der Waals surface area contributed by atoms with Gasteiger partial charge in [0.15, 0.2) is 0 Å². The van der Waals surface area contributed by atoms with Crippen molar-refractivity contribution in [2.75, 3.05) is 13.1 Å². The molecule has 138 valence electrons. The van der Waals surface area contributed by atoms with Gasteiger partial charge in [-0.05, 0) is 43.0 Å². The van der Waals surface area contributed by atoms with E-state index in [4.69, 9.17) is 0 Å². The average Bonchev–Trinajstić information content (AvgIpc) is 3.22. The zero-order valence-electron chi connectivity index (χ0n) is 15.9. The lowest BCUT2D eigenvalue weighted by atomic mass is 9.89. The Balaban J connectivity index is 1.69. The molecule has 1 aliphatic heterocycles. The Bertz CT molecular complexity index is 996. The molecule has 0 spiro atoms. The van der Waals surface area contributed by atoms with Gasteiger partial charge in [0, 0.05) is 35.8 Å². The molecule has 0 bridgehead atoms. The first-order valence-corrected chi connectivity index (χ1v) is 9.62. The summed E-state index contributed by atoms with van der Waals surface area (Å²) in [6, 6.07) is 14.8. The zero-order chi connectivity index (χ0) is 18.8. The molecule has 4 rings (SSSR count). The van der Waals surface area contributed by atoms with Gasteiger partial charge < -0.3 is 4.90 Å². The number of carbonyl (C=O) groups is 1. The topological polar surface area (TPSA) is 49.0 Å². The monoisotopic (exact) mass is 359 g/mol. The van der Waals surface area contributed by atoms with Gasteiger partial charge in [0.25, 0.3) is 0 Å². The Morgan fingerprint density at radius 3 is 2.85 bits per heavy atom. The highest BCUT2D eigenvalue weighted by molar-refractivity contribution is 5.97. The standard InChI is InChI=1S/C23H25N3O/c1-3-16(2)23(27)26-13-7-10-18(15-26)22-21(14-24-25-22)20-12-6-9-17-8-4-5-11-19(17)20/h3-6,8-9,11-12,14,18H,7,10,13,15H2,1-2H3,(H,24,25)/b16-3+/t18-/m1/s1. The first-order chi connectivity index (χ1) is 13.2. The Morgan fingerprint density at radius 1 is 1.19 bits per heavy atom. The summed E-state index contributed by atoms with van der Waals surface area (Å²) >= 11 is 0. The summed E-state index contributed by atoms with van der Waals surface area (Å²) in [6.07, 6.45) is 5.90. The fourth-order valence-corrected chi connectivity index (χ4v) is 4.05. The molecule has 1 saturated heterocycles. The summed E-state index contributed by atoms with van der Waals surface area (Å²) in [5.74, 6) is 0.428. The summed E-state index contributed by atoms with van der Waals surface area (Å²) in [4.78, 5) is 14.6. The molecule has 0 radical (unpaired) electrons. The molecule has 4 nitrogen and oxygen atoms in total. The quantitative estimate of drug-likeness (QED) is 0.676. The van der Waals surface area contributed by atoms with Crippen LogP contribution in [0.5, 0.6) is 0 Å². The van der Waals surface area contributed by atoms with Crippen LogP contribution in [0, 0.1) is 0 Å². The van der Waals surface area contributed by atoms with E-state index in [0.717, 1.165) is 42.8 Å². The molecule has 1 aromatic heterocycles. The van der Waals surface area contributed by atoms with Crippen molar-refractivity contribution < 1.29 is 4.79 Å². The minimum Gasteiger partial charge on any atom is -0.338 e. The number of carbonyl (C=O) groups excluding carboxylic acids is 1. The zero-order valence-corrected chi connectivity index (χ0v) is 15.9. The second kappa shape index (κ2) is 7.39. The molecule has 4 heteroatoms. The number of likely N-dealkylation sites (tertiary alicyclic amines) is 1. The third-order valence-corrected chi connectivity index (χ3v) is 5.64. The van der Waals surface area contributed by atoms with Gasteiger partial charge in [0.05, 0.1) is 6.20 Å². The van der Waals surface area contributed by atoms with Crippen molar-refractivity contribution in [3.63, 3.8) is 0 Å². The Kier molecular flexibility index (Phi) is 4.80. The Morgan fingerprint density at radius 2 is 2.00 bits per heavy atom. The molecular formula is C23H25N3O. The molecule has 2 aromatic carbocycles. The molecular weight excluding hydrogens is 334 g/mol. The first kappa shape index (κ1) is 17.5. The van der Waals surface area contributed by atoms with Gasteiger partial charge in [-0.2, -0.15) is 5.10 Å². The van der Waals surface area contributed by atoms with E-state index in [0.29, 0.717) is 0 Å². The van der Waals surface area contributed by atoms with E-state index >= 15 is 0 Å². The van der Waals surface area contributed by atoms with Gasteiger partial charge in [-0.25, -0.2) is 0 Å². The third kappa shape index (κ3) is 3.27. The van der Waals surface area contributed by atoms with Crippen molar-refractivity contribution in [1.29, 1.82) is 0 Å². The predicted molar refractivity (Wildman–Crippen MR) is 110 cm³/mol. The van der Waals surface area contributed by atoms with Gasteiger partial charge in [-0.15, -0.1) is 0 Å². The van der Waals surface area contributed by atoms with E-state index in [2.05, 4.69) is 52.7 Å². The lowest BCUT2D eigenvalue weighted by Crippen LogP contribution is -2.39. The fourth-order valence-electron chi connectivity index (χ4n) is 4.05. The number of amides is 1. The predicted octanol–water partition coefficient (Wildman–Crippen LogP) is 4.90. The molecule has 1 N–H and O–H groups in total. The van der Waals surface area contributed by atoms with Crippen molar-refractivity contribution in [1.82, 2.24) is 15.1 Å². The van der Waals surface area contributed by atoms with Crippen molar-refractivity contribution in [3.05, 3.63) is 66.0 Å². The number of aromatic amines is 1. The second-order valence-corrected chi connectivity index (χ2v) is 7.29. The van der Waals surface area contributed by atoms with Crippen LogP contribution in [0.2, 0.25) is 0 Å². The summed E-state index contributed by atoms with van der Waals surface area (Å²) < 4.78 is 0. The largest absolute Gasteiger partial charge is 0.338 e. The molecule has 1 amide bonds. The number of hydrogen-bond donors (Lipinski definition) is 1. The van der Waals surface area contributed by atoms with Crippen LogP contribution in [0.25, 0.3) is 21.9 Å². The maximum absolute atomic E-state index is 12.6. The van der Waals surface area contributed by atoms with Crippen molar-refractivity contribution in [2.45, 2.75) is 32.6 Å². The Hall–Kier alpha value is -2.88. The van der Waals surface area contributed by atoms with E-state index in [-0.39, 0.29) is 11.8 Å². The first-order valence-electron chi connectivity index (χ1n) is 9.62. The van der Waals surface area contributed by atoms with E-state index < -0.39 is 0 Å². The number of allylic oxidation sites excluding steroid dienone is 1. The minimum absolute atomic E-state index is 0.147. The number of H-pyrrole nitrogens is 1. The summed E-state index contributed by atoms with van der Waals surface area (Å²) in [5.41, 5.74) is 4.30. The van der Waals surface area contributed by atoms with E-state index in [9.17, 15) is 4.79 Å². The van der Waals surface area contributed by atoms with Crippen LogP contribution >= 0.6 is 0 Å². The lowest BCUT2D eigenvalue weighted by Gasteiger charge is -2.33. The maximum atomic E-state index is 12.6. The fraction of sp³-hybridized carbons (Fsp3) is 0.304. The van der Waals surface area contributed by atoms with Crippen LogP contribution in [0.1, 0.15) is 38.3 Å². The van der Waals surface area contributed by atoms with Gasteiger partial charge >= 0.3 is 0 Å². The van der Waals surface area contributed by atoms with Crippen LogP contribution in [0.4, 0.5) is 0 Å². The normalized spacial score (nSPS) is 18.1. The number of aromatic nitrogens is 2. The van der Waals surface area contributed by atoms with Gasteiger partial charge in [0.1, 0.15) is 0 Å². The highest BCUT2D eigenvalue weighted by Gasteiger charge is 2.28. The highest BCUT2D eigenvalue weighted by Crippen LogP contribution is 2.36. The van der Waals surface area contributed by atoms with Crippen LogP contribution in [0.3, 0.4) is 0 Å². The maximum Gasteiger partial charge on any atom is 0.249 e. The van der Waals surface area contributed by atoms with Crippen LogP contribution < -0.4 is 0 Å². The van der Waals surface area contributed by atoms with Crippen molar-refractivity contribution in [2.24, 2.45) is 0 Å². The number of nitrogens with one attached hydrogen (secondary N) is 1. The number of benzene rings is 2. The molecule has 1 fully saturated rings. The third-order valence-electron chi connectivity index (χ3n) is 5.64. The Labute approximate surface area is 159 Å². The van der Waals surface area contributed by atoms with Crippen molar-refractivity contribution >= 4 is 16.7 Å². The number of nitrogens with zero attached hydrogens (tertiary/aromatic N) is 2. The smallest absolute Gasteiger partial charge is 0.249 e.